The summed E-state index contributed by atoms with van der Waals surface area (Å²) in [6.07, 6.45) is 3.11. The highest BCUT2D eigenvalue weighted by Gasteiger charge is 2.15. The van der Waals surface area contributed by atoms with Crippen LogP contribution in [-0.2, 0) is 4.74 Å². The van der Waals surface area contributed by atoms with Crippen LogP contribution in [0.5, 0.6) is 0 Å². The van der Waals surface area contributed by atoms with Gasteiger partial charge in [-0.25, -0.2) is 9.78 Å². The molecule has 3 rings (SSSR count). The molecule has 0 radical (unpaired) electrons. The zero-order valence-corrected chi connectivity index (χ0v) is 11.8. The van der Waals surface area contributed by atoms with E-state index in [2.05, 4.69) is 9.72 Å². The van der Waals surface area contributed by atoms with Crippen LogP contribution in [-0.4, -0.2) is 28.2 Å². The fraction of sp³-hybridized carbons (Fsp3) is 0.0625. The lowest BCUT2D eigenvalue weighted by Gasteiger charge is -2.03. The van der Waals surface area contributed by atoms with E-state index >= 15 is 0 Å². The van der Waals surface area contributed by atoms with E-state index < -0.39 is 5.97 Å². The molecule has 0 amide bonds. The van der Waals surface area contributed by atoms with Crippen molar-refractivity contribution in [2.24, 2.45) is 0 Å². The first-order chi connectivity index (χ1) is 10.6. The lowest BCUT2D eigenvalue weighted by molar-refractivity contribution is 0.0600. The van der Waals surface area contributed by atoms with Crippen molar-refractivity contribution in [3.63, 3.8) is 0 Å². The standard InChI is InChI=1S/C16H13N3O3/c1-22-16(21)11-6-7-19-13(9-18-14(19)8-11)15(20)10-2-4-12(17)5-3-10/h2-9H,17H2,1H3. The van der Waals surface area contributed by atoms with E-state index in [1.807, 2.05) is 0 Å². The summed E-state index contributed by atoms with van der Waals surface area (Å²) < 4.78 is 6.30. The van der Waals surface area contributed by atoms with Gasteiger partial charge in [-0.3, -0.25) is 9.20 Å². The Labute approximate surface area is 126 Å². The average Bonchev–Trinajstić information content (AvgIpc) is 2.97. The van der Waals surface area contributed by atoms with Gasteiger partial charge in [0.05, 0.1) is 18.9 Å². The first-order valence-corrected chi connectivity index (χ1v) is 6.56. The third-order valence-electron chi connectivity index (χ3n) is 3.34. The molecule has 0 atom stereocenters. The summed E-state index contributed by atoms with van der Waals surface area (Å²) in [5, 5.41) is 0. The Morgan fingerprint density at radius 3 is 2.55 bits per heavy atom. The second-order valence-corrected chi connectivity index (χ2v) is 4.73. The summed E-state index contributed by atoms with van der Waals surface area (Å²) >= 11 is 0. The van der Waals surface area contributed by atoms with Crippen molar-refractivity contribution in [1.29, 1.82) is 0 Å². The van der Waals surface area contributed by atoms with Gasteiger partial charge in [-0.05, 0) is 36.4 Å². The molecule has 0 bridgehead atoms. The van der Waals surface area contributed by atoms with Gasteiger partial charge >= 0.3 is 5.97 Å². The van der Waals surface area contributed by atoms with E-state index in [0.29, 0.717) is 28.2 Å². The minimum absolute atomic E-state index is 0.168. The maximum absolute atomic E-state index is 12.5. The normalized spacial score (nSPS) is 10.6. The van der Waals surface area contributed by atoms with Crippen LogP contribution in [0.15, 0.2) is 48.8 Å². The average molecular weight is 295 g/mol. The Hall–Kier alpha value is -3.15. The fourth-order valence-electron chi connectivity index (χ4n) is 2.18. The number of imidazole rings is 1. The fourth-order valence-corrected chi connectivity index (χ4v) is 2.18. The summed E-state index contributed by atoms with van der Waals surface area (Å²) in [5.74, 6) is -0.616. The van der Waals surface area contributed by atoms with Gasteiger partial charge in [-0.1, -0.05) is 0 Å². The monoisotopic (exact) mass is 295 g/mol. The highest BCUT2D eigenvalue weighted by Crippen LogP contribution is 2.15. The molecule has 0 aliphatic heterocycles. The molecular weight excluding hydrogens is 282 g/mol. The molecule has 22 heavy (non-hydrogen) atoms. The number of fused-ring (bicyclic) bond motifs is 1. The summed E-state index contributed by atoms with van der Waals surface area (Å²) in [6, 6.07) is 9.84. The second-order valence-electron chi connectivity index (χ2n) is 4.73. The van der Waals surface area contributed by atoms with E-state index in [1.165, 1.54) is 13.3 Å². The van der Waals surface area contributed by atoms with Crippen molar-refractivity contribution >= 4 is 23.1 Å². The molecule has 2 aromatic heterocycles. The number of esters is 1. The Balaban J connectivity index is 2.03. The molecule has 110 valence electrons. The quantitative estimate of drug-likeness (QED) is 0.453. The molecule has 0 fully saturated rings. The largest absolute Gasteiger partial charge is 0.465 e. The number of nitrogens with zero attached hydrogens (tertiary/aromatic N) is 2. The number of nitrogen functional groups attached to an aromatic ring is 1. The van der Waals surface area contributed by atoms with Crippen LogP contribution < -0.4 is 5.73 Å². The minimum atomic E-state index is -0.447. The third kappa shape index (κ3) is 2.31. The molecule has 3 aromatic rings. The number of rotatable bonds is 3. The Bertz CT molecular complexity index is 866. The van der Waals surface area contributed by atoms with Crippen LogP contribution in [0.3, 0.4) is 0 Å². The molecule has 1 aromatic carbocycles. The number of nitrogens with two attached hydrogens (primary N) is 1. The number of carbonyl (C=O) groups is 2. The number of methoxy groups -OCH3 is 1. The van der Waals surface area contributed by atoms with Crippen LogP contribution in [0.4, 0.5) is 5.69 Å². The third-order valence-corrected chi connectivity index (χ3v) is 3.34. The Kier molecular flexibility index (Phi) is 3.34. The molecule has 6 heteroatoms. The molecule has 6 nitrogen and oxygen atoms in total. The Morgan fingerprint density at radius 2 is 1.86 bits per heavy atom. The first-order valence-electron chi connectivity index (χ1n) is 6.56. The number of ketones is 1. The molecule has 2 N–H and O–H groups in total. The second kappa shape index (κ2) is 5.33. The molecule has 0 saturated carbocycles. The highest BCUT2D eigenvalue weighted by molar-refractivity contribution is 6.08. The number of hydrogen-bond acceptors (Lipinski definition) is 5. The number of carbonyl (C=O) groups excluding carboxylic acids is 2. The predicted octanol–water partition coefficient (Wildman–Crippen LogP) is 1.93. The van der Waals surface area contributed by atoms with E-state index in [1.54, 1.807) is 47.0 Å². The molecule has 0 aliphatic carbocycles. The number of anilines is 1. The molecule has 0 saturated heterocycles. The number of benzene rings is 1. The number of ether oxygens (including phenoxy) is 1. The predicted molar refractivity (Wildman–Crippen MR) is 80.8 cm³/mol. The van der Waals surface area contributed by atoms with Gasteiger partial charge in [0, 0.05) is 17.4 Å². The summed E-state index contributed by atoms with van der Waals surface area (Å²) in [5.41, 5.74) is 8.03. The lowest BCUT2D eigenvalue weighted by Crippen LogP contribution is -2.06. The Morgan fingerprint density at radius 1 is 1.14 bits per heavy atom. The van der Waals surface area contributed by atoms with E-state index in [9.17, 15) is 9.59 Å². The van der Waals surface area contributed by atoms with E-state index in [4.69, 9.17) is 5.73 Å². The summed E-state index contributed by atoms with van der Waals surface area (Å²) in [4.78, 5) is 28.2. The van der Waals surface area contributed by atoms with Gasteiger partial charge in [0.15, 0.2) is 0 Å². The van der Waals surface area contributed by atoms with Crippen LogP contribution in [0.1, 0.15) is 26.4 Å². The highest BCUT2D eigenvalue weighted by atomic mass is 16.5. The number of pyridine rings is 1. The van der Waals surface area contributed by atoms with Crippen molar-refractivity contribution in [2.45, 2.75) is 0 Å². The van der Waals surface area contributed by atoms with E-state index in [0.717, 1.165) is 0 Å². The smallest absolute Gasteiger partial charge is 0.338 e. The molecule has 0 aliphatic rings. The molecule has 0 spiro atoms. The maximum atomic E-state index is 12.5. The zero-order valence-electron chi connectivity index (χ0n) is 11.8. The van der Waals surface area contributed by atoms with Crippen molar-refractivity contribution in [1.82, 2.24) is 9.38 Å². The van der Waals surface area contributed by atoms with Gasteiger partial charge in [-0.2, -0.15) is 0 Å². The van der Waals surface area contributed by atoms with Gasteiger partial charge < -0.3 is 10.5 Å². The van der Waals surface area contributed by atoms with Crippen molar-refractivity contribution in [2.75, 3.05) is 12.8 Å². The number of aromatic nitrogens is 2. The topological polar surface area (TPSA) is 86.7 Å². The molecule has 2 heterocycles. The maximum Gasteiger partial charge on any atom is 0.338 e. The van der Waals surface area contributed by atoms with Crippen molar-refractivity contribution in [3.8, 4) is 0 Å². The summed E-state index contributed by atoms with van der Waals surface area (Å²) in [7, 11) is 1.31. The zero-order chi connectivity index (χ0) is 15.7. The summed E-state index contributed by atoms with van der Waals surface area (Å²) in [6.45, 7) is 0. The van der Waals surface area contributed by atoms with Gasteiger partial charge in [0.2, 0.25) is 5.78 Å². The number of hydrogen-bond donors (Lipinski definition) is 1. The molecular formula is C16H13N3O3. The minimum Gasteiger partial charge on any atom is -0.465 e. The van der Waals surface area contributed by atoms with Crippen LogP contribution in [0.25, 0.3) is 5.65 Å². The lowest BCUT2D eigenvalue weighted by atomic mass is 10.1. The van der Waals surface area contributed by atoms with Crippen LogP contribution in [0, 0.1) is 0 Å². The van der Waals surface area contributed by atoms with Crippen LogP contribution >= 0.6 is 0 Å². The van der Waals surface area contributed by atoms with Crippen LogP contribution in [0.2, 0.25) is 0 Å². The van der Waals surface area contributed by atoms with Gasteiger partial charge in [-0.15, -0.1) is 0 Å². The van der Waals surface area contributed by atoms with Crippen molar-refractivity contribution < 1.29 is 14.3 Å². The SMILES string of the molecule is COC(=O)c1ccn2c(C(=O)c3ccc(N)cc3)cnc2c1. The molecule has 0 unspecified atom stereocenters. The van der Waals surface area contributed by atoms with Crippen molar-refractivity contribution in [3.05, 3.63) is 65.6 Å². The van der Waals surface area contributed by atoms with Gasteiger partial charge in [0.1, 0.15) is 11.3 Å². The first kappa shape index (κ1) is 13.8. The van der Waals surface area contributed by atoms with Gasteiger partial charge in [0.25, 0.3) is 0 Å². The van der Waals surface area contributed by atoms with E-state index in [-0.39, 0.29) is 5.78 Å².